The summed E-state index contributed by atoms with van der Waals surface area (Å²) in [6, 6.07) is 3.76. The Morgan fingerprint density at radius 1 is 1.47 bits per heavy atom. The molecule has 0 spiro atoms. The van der Waals surface area contributed by atoms with E-state index in [-0.39, 0.29) is 5.69 Å². The van der Waals surface area contributed by atoms with Gasteiger partial charge in [0.1, 0.15) is 7.85 Å². The molecule has 0 fully saturated rings. The van der Waals surface area contributed by atoms with Gasteiger partial charge in [-0.15, -0.1) is 0 Å². The van der Waals surface area contributed by atoms with Gasteiger partial charge in [0.2, 0.25) is 0 Å². The van der Waals surface area contributed by atoms with Gasteiger partial charge in [-0.1, -0.05) is 22.3 Å². The number of halogens is 2. The summed E-state index contributed by atoms with van der Waals surface area (Å²) in [6.45, 7) is 1.39. The van der Waals surface area contributed by atoms with Crippen LogP contribution in [0, 0.1) is 15.9 Å². The van der Waals surface area contributed by atoms with E-state index in [9.17, 15) is 14.5 Å². The minimum atomic E-state index is -0.596. The first-order valence-corrected chi connectivity index (χ1v) is 6.47. The van der Waals surface area contributed by atoms with E-state index in [0.717, 1.165) is 24.3 Å². The summed E-state index contributed by atoms with van der Waals surface area (Å²) < 4.78 is 13.7. The van der Waals surface area contributed by atoms with E-state index in [0.29, 0.717) is 12.2 Å². The highest BCUT2D eigenvalue weighted by Crippen LogP contribution is 2.24. The maximum absolute atomic E-state index is 13.7. The lowest BCUT2D eigenvalue weighted by Gasteiger charge is -2.23. The van der Waals surface area contributed by atoms with Crippen LogP contribution >= 0.6 is 15.9 Å². The SMILES string of the molecule is BCCN(CCBr)c1ccc([N+](=O)[O-])cc1F. The number of non-ortho nitro benzene ring substituents is 1. The number of nitro groups is 1. The van der Waals surface area contributed by atoms with Gasteiger partial charge in [0.15, 0.2) is 5.82 Å². The molecule has 1 rings (SSSR count). The van der Waals surface area contributed by atoms with Crippen LogP contribution in [0.4, 0.5) is 15.8 Å². The zero-order valence-corrected chi connectivity index (χ0v) is 11.1. The predicted molar refractivity (Wildman–Crippen MR) is 72.4 cm³/mol. The third kappa shape index (κ3) is 3.69. The average Bonchev–Trinajstić information content (AvgIpc) is 2.28. The number of benzene rings is 1. The van der Waals surface area contributed by atoms with Crippen molar-refractivity contribution in [1.29, 1.82) is 0 Å². The second-order valence-corrected chi connectivity index (χ2v) is 4.36. The summed E-state index contributed by atoms with van der Waals surface area (Å²) >= 11 is 3.31. The van der Waals surface area contributed by atoms with Crippen LogP contribution in [0.15, 0.2) is 18.2 Å². The van der Waals surface area contributed by atoms with E-state index in [1.54, 1.807) is 0 Å². The Balaban J connectivity index is 2.99. The highest BCUT2D eigenvalue weighted by molar-refractivity contribution is 9.09. The van der Waals surface area contributed by atoms with Crippen LogP contribution in [0.3, 0.4) is 0 Å². The Hall–Kier alpha value is -1.11. The molecule has 0 aliphatic carbocycles. The van der Waals surface area contributed by atoms with Crippen molar-refractivity contribution >= 4 is 35.2 Å². The second-order valence-electron chi connectivity index (χ2n) is 3.57. The lowest BCUT2D eigenvalue weighted by molar-refractivity contribution is -0.385. The number of rotatable bonds is 6. The fourth-order valence-corrected chi connectivity index (χ4v) is 2.02. The van der Waals surface area contributed by atoms with Crippen molar-refractivity contribution < 1.29 is 9.31 Å². The van der Waals surface area contributed by atoms with Crippen LogP contribution in [-0.4, -0.2) is 31.2 Å². The topological polar surface area (TPSA) is 46.4 Å². The van der Waals surface area contributed by atoms with Crippen molar-refractivity contribution in [2.75, 3.05) is 23.3 Å². The Morgan fingerprint density at radius 3 is 2.65 bits per heavy atom. The first-order chi connectivity index (χ1) is 8.10. The molecule has 0 saturated heterocycles. The van der Waals surface area contributed by atoms with Crippen LogP contribution in [0.2, 0.25) is 6.32 Å². The number of nitro benzene ring substituents is 1. The molecule has 0 aliphatic rings. The molecule has 4 nitrogen and oxygen atoms in total. The van der Waals surface area contributed by atoms with Gasteiger partial charge in [-0.25, -0.2) is 4.39 Å². The molecule has 0 aromatic heterocycles. The lowest BCUT2D eigenvalue weighted by Crippen LogP contribution is -2.27. The summed E-state index contributed by atoms with van der Waals surface area (Å²) in [5.74, 6) is -0.548. The van der Waals surface area contributed by atoms with E-state index in [1.165, 1.54) is 12.1 Å². The van der Waals surface area contributed by atoms with Crippen molar-refractivity contribution in [3.63, 3.8) is 0 Å². The maximum Gasteiger partial charge on any atom is 0.272 e. The van der Waals surface area contributed by atoms with Gasteiger partial charge in [0.05, 0.1) is 16.7 Å². The van der Waals surface area contributed by atoms with Crippen LogP contribution in [0.25, 0.3) is 0 Å². The van der Waals surface area contributed by atoms with Gasteiger partial charge in [-0.2, -0.15) is 0 Å². The van der Waals surface area contributed by atoms with E-state index in [2.05, 4.69) is 15.9 Å². The third-order valence-electron chi connectivity index (χ3n) is 2.33. The highest BCUT2D eigenvalue weighted by atomic mass is 79.9. The molecule has 17 heavy (non-hydrogen) atoms. The molecule has 0 atom stereocenters. The van der Waals surface area contributed by atoms with Gasteiger partial charge in [-0.05, 0) is 6.07 Å². The zero-order valence-electron chi connectivity index (χ0n) is 9.53. The number of hydrogen-bond acceptors (Lipinski definition) is 3. The van der Waals surface area contributed by atoms with Crippen molar-refractivity contribution in [1.82, 2.24) is 0 Å². The molecule has 0 heterocycles. The van der Waals surface area contributed by atoms with Crippen molar-refractivity contribution in [3.8, 4) is 0 Å². The van der Waals surface area contributed by atoms with Gasteiger partial charge in [0, 0.05) is 24.5 Å². The first kappa shape index (κ1) is 14.0. The van der Waals surface area contributed by atoms with Crippen molar-refractivity contribution in [2.24, 2.45) is 0 Å². The van der Waals surface area contributed by atoms with Crippen LogP contribution in [-0.2, 0) is 0 Å². The quantitative estimate of drug-likeness (QED) is 0.349. The molecule has 0 amide bonds. The van der Waals surface area contributed by atoms with E-state index in [4.69, 9.17) is 0 Å². The lowest BCUT2D eigenvalue weighted by atomic mass is 10.0. The molecular weight excluding hydrogens is 290 g/mol. The molecule has 0 saturated carbocycles. The Bertz CT molecular complexity index is 400. The normalized spacial score (nSPS) is 10.2. The molecule has 0 aliphatic heterocycles. The van der Waals surface area contributed by atoms with E-state index < -0.39 is 10.7 Å². The monoisotopic (exact) mass is 302 g/mol. The number of hydrogen-bond donors (Lipinski definition) is 0. The summed E-state index contributed by atoms with van der Waals surface area (Å²) in [5, 5.41) is 11.2. The van der Waals surface area contributed by atoms with Crippen molar-refractivity contribution in [3.05, 3.63) is 34.1 Å². The molecule has 1 aromatic carbocycles. The Labute approximate surface area is 108 Å². The molecule has 0 N–H and O–H groups in total. The number of anilines is 1. The summed E-state index contributed by atoms with van der Waals surface area (Å²) in [7, 11) is 2.00. The second kappa shape index (κ2) is 6.59. The van der Waals surface area contributed by atoms with Crippen LogP contribution in [0.1, 0.15) is 0 Å². The minimum Gasteiger partial charge on any atom is -0.369 e. The van der Waals surface area contributed by atoms with Crippen LogP contribution < -0.4 is 4.90 Å². The van der Waals surface area contributed by atoms with Gasteiger partial charge < -0.3 is 4.90 Å². The Morgan fingerprint density at radius 2 is 2.18 bits per heavy atom. The van der Waals surface area contributed by atoms with Crippen molar-refractivity contribution in [2.45, 2.75) is 6.32 Å². The predicted octanol–water partition coefficient (Wildman–Crippen LogP) is 1.99. The van der Waals surface area contributed by atoms with E-state index in [1.807, 2.05) is 12.7 Å². The molecule has 0 bridgehead atoms. The number of alkyl halides is 1. The maximum atomic E-state index is 13.7. The van der Waals surface area contributed by atoms with E-state index >= 15 is 0 Å². The van der Waals surface area contributed by atoms with Gasteiger partial charge >= 0.3 is 0 Å². The third-order valence-corrected chi connectivity index (χ3v) is 2.69. The summed E-state index contributed by atoms with van der Waals surface area (Å²) in [6.07, 6.45) is 0.892. The standard InChI is InChI=1S/C10H13BBrFN2O2/c11-3-5-14(6-4-12)10-2-1-8(15(16)17)7-9(10)13/h1-2,7H,3-6,11H2. The first-order valence-electron chi connectivity index (χ1n) is 5.35. The molecule has 0 unspecified atom stereocenters. The summed E-state index contributed by atoms with van der Waals surface area (Å²) in [4.78, 5) is 11.8. The Kier molecular flexibility index (Phi) is 5.41. The average molecular weight is 303 g/mol. The molecular formula is C10H13BBrFN2O2. The molecule has 92 valence electrons. The minimum absolute atomic E-state index is 0.221. The highest BCUT2D eigenvalue weighted by Gasteiger charge is 2.14. The van der Waals surface area contributed by atoms with Gasteiger partial charge in [-0.3, -0.25) is 10.1 Å². The fraction of sp³-hybridized carbons (Fsp3) is 0.400. The fourth-order valence-electron chi connectivity index (χ4n) is 1.59. The molecule has 7 heteroatoms. The van der Waals surface area contributed by atoms with Crippen LogP contribution in [0.5, 0.6) is 0 Å². The molecule has 0 radical (unpaired) electrons. The largest absolute Gasteiger partial charge is 0.369 e. The number of nitrogens with zero attached hydrogens (tertiary/aromatic N) is 2. The molecule has 1 aromatic rings. The summed E-state index contributed by atoms with van der Waals surface area (Å²) in [5.41, 5.74) is 0.193. The zero-order chi connectivity index (χ0) is 12.8. The smallest absolute Gasteiger partial charge is 0.272 e. The van der Waals surface area contributed by atoms with Gasteiger partial charge in [0.25, 0.3) is 5.69 Å².